The third kappa shape index (κ3) is 6.28. The van der Waals surface area contributed by atoms with Crippen molar-refractivity contribution in [1.29, 1.82) is 0 Å². The number of aliphatic imine (C=N–C) groups is 1. The zero-order valence-corrected chi connectivity index (χ0v) is 32.9. The smallest absolute Gasteiger partial charge is 0.0731 e. The quantitative estimate of drug-likeness (QED) is 0.122. The van der Waals surface area contributed by atoms with E-state index in [0.29, 0.717) is 0 Å². The number of nitrogens with zero attached hydrogens (tertiary/aromatic N) is 1. The van der Waals surface area contributed by atoms with E-state index in [1.165, 1.54) is 83.1 Å². The highest BCUT2D eigenvalue weighted by atomic mass is 14.7. The van der Waals surface area contributed by atoms with Crippen LogP contribution in [-0.4, -0.2) is 6.72 Å². The van der Waals surface area contributed by atoms with Crippen molar-refractivity contribution in [2.45, 2.75) is 38.5 Å². The van der Waals surface area contributed by atoms with Crippen molar-refractivity contribution in [3.63, 3.8) is 0 Å². The van der Waals surface area contributed by atoms with E-state index in [1.807, 2.05) is 26.0 Å². The molecular weight excluding hydrogens is 689 g/mol. The molecule has 0 fully saturated rings. The number of fused-ring (bicyclic) bond motifs is 14. The monoisotopic (exact) mass is 736 g/mol. The Labute approximate surface area is 337 Å². The van der Waals surface area contributed by atoms with Gasteiger partial charge in [0.05, 0.1) is 11.1 Å². The number of rotatable bonds is 8. The largest absolute Gasteiger partial charge is 0.399 e. The Morgan fingerprint density at radius 2 is 1.49 bits per heavy atom. The van der Waals surface area contributed by atoms with Crippen molar-refractivity contribution in [3.8, 4) is 33.4 Å². The van der Waals surface area contributed by atoms with Crippen molar-refractivity contribution in [2.75, 3.05) is 0 Å². The van der Waals surface area contributed by atoms with E-state index < -0.39 is 0 Å². The van der Waals surface area contributed by atoms with E-state index in [0.717, 1.165) is 36.2 Å². The Kier molecular flexibility index (Phi) is 10.3. The highest BCUT2D eigenvalue weighted by Gasteiger charge is 2.53. The van der Waals surface area contributed by atoms with E-state index in [1.54, 1.807) is 18.2 Å². The summed E-state index contributed by atoms with van der Waals surface area (Å²) in [6.07, 6.45) is 20.9. The van der Waals surface area contributed by atoms with Crippen LogP contribution < -0.4 is 5.73 Å². The molecule has 3 aliphatic carbocycles. The van der Waals surface area contributed by atoms with Gasteiger partial charge in [0.25, 0.3) is 0 Å². The zero-order valence-electron chi connectivity index (χ0n) is 32.9. The van der Waals surface area contributed by atoms with Gasteiger partial charge in [0.2, 0.25) is 0 Å². The molecule has 0 radical (unpaired) electrons. The van der Waals surface area contributed by atoms with Gasteiger partial charge in [0.15, 0.2) is 0 Å². The number of aryl methyl sites for hydroxylation is 1. The molecule has 2 nitrogen and oxygen atoms in total. The summed E-state index contributed by atoms with van der Waals surface area (Å²) < 4.78 is 0. The second-order valence-electron chi connectivity index (χ2n) is 14.7. The molecule has 6 aromatic carbocycles. The van der Waals surface area contributed by atoms with Gasteiger partial charge in [-0.25, -0.2) is 0 Å². The molecule has 2 N–H and O–H groups in total. The summed E-state index contributed by atoms with van der Waals surface area (Å²) in [4.78, 5) is 4.33. The molecule has 2 heteroatoms. The molecular formula is C55H48N2. The van der Waals surface area contributed by atoms with Crippen LogP contribution in [0.25, 0.3) is 55.9 Å². The molecule has 9 rings (SSSR count). The molecule has 57 heavy (non-hydrogen) atoms. The summed E-state index contributed by atoms with van der Waals surface area (Å²) in [5, 5.41) is 2.58. The maximum atomic E-state index is 5.39. The number of allylic oxidation sites excluding steroid dienone is 9. The summed E-state index contributed by atoms with van der Waals surface area (Å²) in [6.45, 7) is 15.2. The van der Waals surface area contributed by atoms with Gasteiger partial charge in [-0.3, -0.25) is 4.99 Å². The highest BCUT2D eigenvalue weighted by Crippen LogP contribution is 2.65. The lowest BCUT2D eigenvalue weighted by Crippen LogP contribution is -2.26. The topological polar surface area (TPSA) is 38.4 Å². The maximum Gasteiger partial charge on any atom is 0.0731 e. The Bertz CT molecular complexity index is 2680. The minimum Gasteiger partial charge on any atom is -0.399 e. The first kappa shape index (κ1) is 37.2. The lowest BCUT2D eigenvalue weighted by Gasteiger charge is -2.32. The van der Waals surface area contributed by atoms with Crippen molar-refractivity contribution in [1.82, 2.24) is 0 Å². The van der Waals surface area contributed by atoms with Crippen LogP contribution in [0.4, 0.5) is 0 Å². The fourth-order valence-electron chi connectivity index (χ4n) is 9.08. The Balaban J connectivity index is 0.000000517. The van der Waals surface area contributed by atoms with Gasteiger partial charge >= 0.3 is 0 Å². The van der Waals surface area contributed by atoms with Gasteiger partial charge in [-0.15, -0.1) is 0 Å². The predicted octanol–water partition coefficient (Wildman–Crippen LogP) is 14.0. The molecule has 0 bridgehead atoms. The first-order chi connectivity index (χ1) is 28.0. The van der Waals surface area contributed by atoms with Crippen LogP contribution in [0.2, 0.25) is 0 Å². The summed E-state index contributed by atoms with van der Waals surface area (Å²) in [6, 6.07) is 43.5. The number of nitrogens with two attached hydrogens (primary N) is 1. The Morgan fingerprint density at radius 1 is 0.772 bits per heavy atom. The molecule has 0 aromatic heterocycles. The molecule has 0 unspecified atom stereocenters. The van der Waals surface area contributed by atoms with Crippen molar-refractivity contribution >= 4 is 29.3 Å². The van der Waals surface area contributed by atoms with Crippen LogP contribution in [0.1, 0.15) is 65.6 Å². The van der Waals surface area contributed by atoms with Gasteiger partial charge in [-0.2, -0.15) is 0 Å². The third-order valence-electron chi connectivity index (χ3n) is 11.8. The van der Waals surface area contributed by atoms with E-state index >= 15 is 0 Å². The average molecular weight is 737 g/mol. The van der Waals surface area contributed by atoms with Gasteiger partial charge in [-0.05, 0) is 141 Å². The third-order valence-corrected chi connectivity index (χ3v) is 11.8. The van der Waals surface area contributed by atoms with E-state index in [9.17, 15) is 0 Å². The van der Waals surface area contributed by atoms with Crippen molar-refractivity contribution < 1.29 is 0 Å². The van der Waals surface area contributed by atoms with Crippen molar-refractivity contribution in [3.05, 3.63) is 227 Å². The summed E-state index contributed by atoms with van der Waals surface area (Å²) in [7, 11) is 0. The van der Waals surface area contributed by atoms with E-state index in [2.05, 4.69) is 164 Å². The molecule has 1 spiro atoms. The summed E-state index contributed by atoms with van der Waals surface area (Å²) in [5.41, 5.74) is 25.2. The van der Waals surface area contributed by atoms with Gasteiger partial charge < -0.3 is 5.73 Å². The second kappa shape index (κ2) is 15.8. The van der Waals surface area contributed by atoms with Gasteiger partial charge in [0.1, 0.15) is 0 Å². The van der Waals surface area contributed by atoms with Crippen LogP contribution in [0, 0.1) is 0 Å². The minimum absolute atomic E-state index is 0.375. The second-order valence-corrected chi connectivity index (χ2v) is 14.7. The van der Waals surface area contributed by atoms with Crippen LogP contribution in [0.3, 0.4) is 0 Å². The maximum absolute atomic E-state index is 5.39. The molecule has 0 heterocycles. The Hall–Kier alpha value is -6.77. The summed E-state index contributed by atoms with van der Waals surface area (Å²) in [5.74, 6) is 0. The molecule has 0 saturated heterocycles. The van der Waals surface area contributed by atoms with E-state index in [4.69, 9.17) is 5.73 Å². The van der Waals surface area contributed by atoms with Crippen LogP contribution in [-0.2, 0) is 11.8 Å². The van der Waals surface area contributed by atoms with Crippen LogP contribution >= 0.6 is 0 Å². The molecule has 0 aliphatic heterocycles. The van der Waals surface area contributed by atoms with Gasteiger partial charge in [-0.1, -0.05) is 171 Å². The molecule has 3 aliphatic rings. The zero-order chi connectivity index (χ0) is 39.5. The summed E-state index contributed by atoms with van der Waals surface area (Å²) >= 11 is 0. The normalized spacial score (nSPS) is 14.7. The number of benzene rings is 6. The van der Waals surface area contributed by atoms with Crippen molar-refractivity contribution in [2.24, 2.45) is 10.7 Å². The fraction of sp³-hybridized carbons (Fsp3) is 0.109. The Morgan fingerprint density at radius 3 is 2.16 bits per heavy atom. The first-order valence-electron chi connectivity index (χ1n) is 19.8. The first-order valence-corrected chi connectivity index (χ1v) is 19.8. The number of hydrogen-bond donors (Lipinski definition) is 1. The molecule has 0 saturated carbocycles. The highest BCUT2D eigenvalue weighted by molar-refractivity contribution is 6.06. The van der Waals surface area contributed by atoms with Crippen LogP contribution in [0.5, 0.6) is 0 Å². The molecule has 6 aromatic rings. The SMILES string of the molecule is C=C/C(=C\C)C/C=C(\N=C)c1ccc(-c2ccc3c4c(ccc3c2)-c2c(ccc3c2C=CCC3)C42c3ccccc3-c3ccccc32)cc1.C=C/C=C\C(N)=C/C. The fourth-order valence-corrected chi connectivity index (χ4v) is 9.08. The molecule has 0 amide bonds. The minimum atomic E-state index is -0.375. The van der Waals surface area contributed by atoms with Crippen LogP contribution in [0.15, 0.2) is 193 Å². The van der Waals surface area contributed by atoms with E-state index in [-0.39, 0.29) is 5.41 Å². The number of hydrogen-bond acceptors (Lipinski definition) is 2. The predicted molar refractivity (Wildman–Crippen MR) is 246 cm³/mol. The van der Waals surface area contributed by atoms with Gasteiger partial charge in [0, 0.05) is 5.70 Å². The molecule has 278 valence electrons. The molecule has 0 atom stereocenters. The lowest BCUT2D eigenvalue weighted by atomic mass is 9.69. The standard InChI is InChI=1S/C48H37N.C7H11N/c1-4-31(5-2)18-29-45(49-3)34-21-19-32(20-22-34)35-23-26-38-36(30-35)24-27-41-46-37-13-7-6-12-33(37)25-28-44(46)48(47(38)41)42-16-10-8-14-39(42)40-15-9-11-17-43(40)48;1-3-5-6-7(8)4-2/h4-5,7-11,13-17,19-30H,1,3,6,12,18H2,2H3;3-6H,1,8H2,2H3/b31-5+,45-29-;6-5-,7-4+. The average Bonchev–Trinajstić information content (AvgIpc) is 3.75. The lowest BCUT2D eigenvalue weighted by molar-refractivity contribution is 0.800.